The highest BCUT2D eigenvalue weighted by atomic mass is 19.1. The largest absolute Gasteiger partial charge is 0.350 e. The van der Waals surface area contributed by atoms with Crippen molar-refractivity contribution in [3.8, 4) is 0 Å². The summed E-state index contributed by atoms with van der Waals surface area (Å²) >= 11 is 0. The molecule has 3 heterocycles. The van der Waals surface area contributed by atoms with Gasteiger partial charge in [-0.25, -0.2) is 9.37 Å². The molecule has 7 heteroatoms. The van der Waals surface area contributed by atoms with Gasteiger partial charge in [-0.15, -0.1) is 0 Å². The van der Waals surface area contributed by atoms with Gasteiger partial charge in [0, 0.05) is 37.5 Å². The van der Waals surface area contributed by atoms with Crippen LogP contribution in [0.15, 0.2) is 54.9 Å². The fourth-order valence-corrected chi connectivity index (χ4v) is 3.51. The lowest BCUT2D eigenvalue weighted by atomic mass is 9.96. The molecule has 4 rings (SSSR count). The van der Waals surface area contributed by atoms with Crippen molar-refractivity contribution in [2.45, 2.75) is 25.9 Å². The number of nitrogens with zero attached hydrogens (tertiary/aromatic N) is 3. The van der Waals surface area contributed by atoms with Crippen LogP contribution in [0, 0.1) is 11.7 Å². The van der Waals surface area contributed by atoms with E-state index in [9.17, 15) is 14.0 Å². The summed E-state index contributed by atoms with van der Waals surface area (Å²) in [4.78, 5) is 30.8. The quantitative estimate of drug-likeness (QED) is 0.740. The lowest BCUT2D eigenvalue weighted by molar-refractivity contribution is -0.139. The Labute approximate surface area is 162 Å². The SMILES string of the molecule is O=C(NCc1cn2ccccc2n1)C1CCC(=O)N(Cc2ccccc2F)C1. The topological polar surface area (TPSA) is 66.7 Å². The van der Waals surface area contributed by atoms with Gasteiger partial charge in [0.15, 0.2) is 0 Å². The number of carbonyl (C=O) groups is 2. The molecule has 2 amide bonds. The van der Waals surface area contributed by atoms with Crippen LogP contribution in [0.2, 0.25) is 0 Å². The van der Waals surface area contributed by atoms with E-state index in [1.807, 2.05) is 35.0 Å². The van der Waals surface area contributed by atoms with Crippen molar-refractivity contribution >= 4 is 17.5 Å². The zero-order valence-electron chi connectivity index (χ0n) is 15.3. The van der Waals surface area contributed by atoms with Gasteiger partial charge in [0.05, 0.1) is 18.2 Å². The number of hydrogen-bond donors (Lipinski definition) is 1. The first-order valence-corrected chi connectivity index (χ1v) is 9.31. The molecule has 1 aromatic carbocycles. The van der Waals surface area contributed by atoms with Gasteiger partial charge in [0.1, 0.15) is 11.5 Å². The van der Waals surface area contributed by atoms with Crippen molar-refractivity contribution in [3.05, 3.63) is 71.9 Å². The second kappa shape index (κ2) is 7.80. The Balaban J connectivity index is 1.37. The van der Waals surface area contributed by atoms with Gasteiger partial charge in [-0.05, 0) is 24.6 Å². The lowest BCUT2D eigenvalue weighted by Gasteiger charge is -2.32. The molecule has 0 radical (unpaired) electrons. The number of halogens is 1. The van der Waals surface area contributed by atoms with E-state index >= 15 is 0 Å². The summed E-state index contributed by atoms with van der Waals surface area (Å²) in [6.45, 7) is 0.810. The lowest BCUT2D eigenvalue weighted by Crippen LogP contribution is -2.45. The number of piperidine rings is 1. The highest BCUT2D eigenvalue weighted by Gasteiger charge is 2.30. The van der Waals surface area contributed by atoms with Gasteiger partial charge in [-0.2, -0.15) is 0 Å². The molecule has 1 atom stereocenters. The minimum Gasteiger partial charge on any atom is -0.350 e. The van der Waals surface area contributed by atoms with Crippen LogP contribution in [0.1, 0.15) is 24.1 Å². The Bertz CT molecular complexity index is 983. The van der Waals surface area contributed by atoms with Gasteiger partial charge in [-0.3, -0.25) is 9.59 Å². The van der Waals surface area contributed by atoms with Gasteiger partial charge in [0.25, 0.3) is 0 Å². The zero-order chi connectivity index (χ0) is 19.5. The van der Waals surface area contributed by atoms with Crippen molar-refractivity contribution in [2.75, 3.05) is 6.54 Å². The molecule has 1 fully saturated rings. The van der Waals surface area contributed by atoms with Crippen LogP contribution in [0.4, 0.5) is 4.39 Å². The van der Waals surface area contributed by atoms with Gasteiger partial charge < -0.3 is 14.6 Å². The van der Waals surface area contributed by atoms with Gasteiger partial charge in [0.2, 0.25) is 11.8 Å². The van der Waals surface area contributed by atoms with Crippen LogP contribution in [0.3, 0.4) is 0 Å². The van der Waals surface area contributed by atoms with Crippen LogP contribution >= 0.6 is 0 Å². The van der Waals surface area contributed by atoms with Crippen molar-refractivity contribution in [2.24, 2.45) is 5.92 Å². The molecule has 1 aliphatic rings. The normalized spacial score (nSPS) is 17.1. The average molecular weight is 380 g/mol. The van der Waals surface area contributed by atoms with E-state index in [1.165, 1.54) is 6.07 Å². The summed E-state index contributed by atoms with van der Waals surface area (Å²) in [5.41, 5.74) is 2.06. The second-order valence-corrected chi connectivity index (χ2v) is 7.02. The Morgan fingerprint density at radius 1 is 1.21 bits per heavy atom. The first-order chi connectivity index (χ1) is 13.6. The molecule has 0 spiro atoms. The van der Waals surface area contributed by atoms with Crippen LogP contribution < -0.4 is 5.32 Å². The van der Waals surface area contributed by atoms with E-state index in [0.717, 1.165) is 11.3 Å². The third kappa shape index (κ3) is 3.88. The predicted octanol–water partition coefficient (Wildman–Crippen LogP) is 2.53. The third-order valence-corrected chi connectivity index (χ3v) is 5.05. The first kappa shape index (κ1) is 18.2. The van der Waals surface area contributed by atoms with E-state index in [-0.39, 0.29) is 30.1 Å². The molecule has 2 aromatic heterocycles. The Kier molecular flexibility index (Phi) is 5.06. The molecular formula is C21H21FN4O2. The standard InChI is InChI=1S/C21H21FN4O2/c22-18-6-2-1-5-15(18)12-26-13-16(8-9-20(26)27)21(28)23-11-17-14-25-10-4-3-7-19(25)24-17/h1-7,10,14,16H,8-9,11-13H2,(H,23,28). The Hall–Kier alpha value is -3.22. The summed E-state index contributed by atoms with van der Waals surface area (Å²) in [6.07, 6.45) is 4.58. The molecular weight excluding hydrogens is 359 g/mol. The van der Waals surface area contributed by atoms with Crippen molar-refractivity contribution in [1.29, 1.82) is 0 Å². The number of amides is 2. The Morgan fingerprint density at radius 2 is 2.04 bits per heavy atom. The molecule has 0 aliphatic carbocycles. The number of imidazole rings is 1. The first-order valence-electron chi connectivity index (χ1n) is 9.31. The van der Waals surface area contributed by atoms with Crippen LogP contribution in [-0.2, 0) is 22.7 Å². The van der Waals surface area contributed by atoms with Crippen LogP contribution in [-0.4, -0.2) is 32.6 Å². The van der Waals surface area contributed by atoms with E-state index in [1.54, 1.807) is 23.1 Å². The second-order valence-electron chi connectivity index (χ2n) is 7.02. The smallest absolute Gasteiger partial charge is 0.225 e. The monoisotopic (exact) mass is 380 g/mol. The molecule has 0 bridgehead atoms. The van der Waals surface area contributed by atoms with Crippen LogP contribution in [0.25, 0.3) is 5.65 Å². The average Bonchev–Trinajstić information content (AvgIpc) is 3.12. The molecule has 1 unspecified atom stereocenters. The van der Waals surface area contributed by atoms with Gasteiger partial charge >= 0.3 is 0 Å². The maximum atomic E-state index is 13.9. The molecule has 1 saturated heterocycles. The highest BCUT2D eigenvalue weighted by molar-refractivity contribution is 5.83. The minimum absolute atomic E-state index is 0.0485. The van der Waals surface area contributed by atoms with Crippen molar-refractivity contribution in [3.63, 3.8) is 0 Å². The summed E-state index contributed by atoms with van der Waals surface area (Å²) in [7, 11) is 0. The maximum Gasteiger partial charge on any atom is 0.225 e. The number of aromatic nitrogens is 2. The zero-order valence-corrected chi connectivity index (χ0v) is 15.3. The van der Waals surface area contributed by atoms with Crippen molar-refractivity contribution < 1.29 is 14.0 Å². The summed E-state index contributed by atoms with van der Waals surface area (Å²) < 4.78 is 15.8. The van der Waals surface area contributed by atoms with E-state index in [2.05, 4.69) is 10.3 Å². The fourth-order valence-electron chi connectivity index (χ4n) is 3.51. The van der Waals surface area contributed by atoms with E-state index in [0.29, 0.717) is 31.5 Å². The molecule has 1 aliphatic heterocycles. The molecule has 3 aromatic rings. The van der Waals surface area contributed by atoms with E-state index in [4.69, 9.17) is 0 Å². The summed E-state index contributed by atoms with van der Waals surface area (Å²) in [5, 5.41) is 2.91. The number of carbonyl (C=O) groups excluding carboxylic acids is 2. The summed E-state index contributed by atoms with van der Waals surface area (Å²) in [5.74, 6) is -0.800. The fraction of sp³-hybridized carbons (Fsp3) is 0.286. The number of fused-ring (bicyclic) bond motifs is 1. The third-order valence-electron chi connectivity index (χ3n) is 5.05. The van der Waals surface area contributed by atoms with Gasteiger partial charge in [-0.1, -0.05) is 24.3 Å². The number of pyridine rings is 1. The minimum atomic E-state index is -0.339. The molecule has 6 nitrogen and oxygen atoms in total. The highest BCUT2D eigenvalue weighted by Crippen LogP contribution is 2.21. The van der Waals surface area contributed by atoms with E-state index < -0.39 is 0 Å². The molecule has 28 heavy (non-hydrogen) atoms. The number of hydrogen-bond acceptors (Lipinski definition) is 3. The molecule has 0 saturated carbocycles. The molecule has 1 N–H and O–H groups in total. The van der Waals surface area contributed by atoms with Crippen LogP contribution in [0.5, 0.6) is 0 Å². The molecule has 144 valence electrons. The number of benzene rings is 1. The number of rotatable bonds is 5. The maximum absolute atomic E-state index is 13.9. The summed E-state index contributed by atoms with van der Waals surface area (Å²) in [6, 6.07) is 12.1. The van der Waals surface area contributed by atoms with Crippen molar-refractivity contribution in [1.82, 2.24) is 19.6 Å². The predicted molar refractivity (Wildman–Crippen MR) is 102 cm³/mol. The number of likely N-dealkylation sites (tertiary alicyclic amines) is 1. The Morgan fingerprint density at radius 3 is 2.86 bits per heavy atom. The number of nitrogens with one attached hydrogen (secondary N) is 1.